The van der Waals surface area contributed by atoms with Crippen LogP contribution in [0.3, 0.4) is 0 Å². The maximum atomic E-state index is 12.5. The van der Waals surface area contributed by atoms with E-state index in [1.165, 1.54) is 42.4 Å². The minimum absolute atomic E-state index is 0.0161. The number of nitrogens with zero attached hydrogens (tertiary/aromatic N) is 1. The number of hydrogen-bond donors (Lipinski definition) is 0. The number of benzene rings is 2. The number of aryl methyl sites for hydroxylation is 2. The van der Waals surface area contributed by atoms with Crippen molar-refractivity contribution < 1.29 is 22.7 Å². The van der Waals surface area contributed by atoms with Crippen molar-refractivity contribution in [3.63, 3.8) is 0 Å². The van der Waals surface area contributed by atoms with Gasteiger partial charge in [0.2, 0.25) is 10.0 Å². The van der Waals surface area contributed by atoms with Gasteiger partial charge < -0.3 is 4.74 Å². The van der Waals surface area contributed by atoms with E-state index in [1.807, 2.05) is 12.1 Å². The number of esters is 1. The second-order valence-electron chi connectivity index (χ2n) is 6.99. The maximum Gasteiger partial charge on any atom is 0.321 e. The Balaban J connectivity index is 1.56. The summed E-state index contributed by atoms with van der Waals surface area (Å²) in [5, 5.41) is 0.409. The number of carbonyl (C=O) groups excluding carboxylic acids is 2. The maximum absolute atomic E-state index is 12.5. The molecule has 0 aliphatic heterocycles. The van der Waals surface area contributed by atoms with Crippen molar-refractivity contribution in [2.24, 2.45) is 0 Å². The van der Waals surface area contributed by atoms with Crippen LogP contribution in [0.2, 0.25) is 5.02 Å². The summed E-state index contributed by atoms with van der Waals surface area (Å²) in [5.41, 5.74) is 2.93. The van der Waals surface area contributed by atoms with Crippen LogP contribution in [0.25, 0.3) is 0 Å². The second-order valence-corrected chi connectivity index (χ2v) is 9.47. The van der Waals surface area contributed by atoms with Crippen molar-refractivity contribution in [1.29, 1.82) is 0 Å². The number of ketones is 1. The molecular formula is C21H22ClNO5S. The first kappa shape index (κ1) is 21.5. The van der Waals surface area contributed by atoms with Gasteiger partial charge in [0.25, 0.3) is 0 Å². The number of likely N-dealkylation sites (N-methyl/N-ethyl adjacent to an activating group) is 1. The summed E-state index contributed by atoms with van der Waals surface area (Å²) in [4.78, 5) is 24.4. The van der Waals surface area contributed by atoms with Crippen LogP contribution in [-0.2, 0) is 32.4 Å². The van der Waals surface area contributed by atoms with Crippen LogP contribution in [-0.4, -0.2) is 44.7 Å². The molecule has 0 spiro atoms. The van der Waals surface area contributed by atoms with Crippen LogP contribution in [0.4, 0.5) is 0 Å². The Kier molecular flexibility index (Phi) is 6.72. The lowest BCUT2D eigenvalue weighted by Crippen LogP contribution is -2.33. The van der Waals surface area contributed by atoms with E-state index in [0.29, 0.717) is 10.6 Å². The van der Waals surface area contributed by atoms with Crippen LogP contribution in [0.15, 0.2) is 47.4 Å². The molecule has 1 aliphatic rings. The standard InChI is InChI=1S/C21H22ClNO5S/c1-23(29(26,27)19-10-8-18(22)9-11-19)13-21(25)28-14-20(24)17-7-6-15-4-2-3-5-16(15)12-17/h6-12H,2-5,13-14H2,1H3. The largest absolute Gasteiger partial charge is 0.456 e. The molecule has 0 N–H and O–H groups in total. The number of rotatable bonds is 7. The fraction of sp³-hybridized carbons (Fsp3) is 0.333. The normalized spacial score (nSPS) is 13.8. The average molecular weight is 436 g/mol. The first-order valence-corrected chi connectivity index (χ1v) is 11.1. The molecule has 0 radical (unpaired) electrons. The Hall–Kier alpha value is -2.22. The van der Waals surface area contributed by atoms with Crippen LogP contribution in [0.1, 0.15) is 34.3 Å². The highest BCUT2D eigenvalue weighted by atomic mass is 35.5. The summed E-state index contributed by atoms with van der Waals surface area (Å²) >= 11 is 5.77. The van der Waals surface area contributed by atoms with Gasteiger partial charge in [0.15, 0.2) is 12.4 Å². The fourth-order valence-corrected chi connectivity index (χ4v) is 4.48. The van der Waals surface area contributed by atoms with Gasteiger partial charge in [-0.15, -0.1) is 0 Å². The Bertz CT molecular complexity index is 1020. The third-order valence-electron chi connectivity index (χ3n) is 4.91. The molecule has 0 bridgehead atoms. The molecule has 8 heteroatoms. The van der Waals surface area contributed by atoms with E-state index in [4.69, 9.17) is 16.3 Å². The Labute approximate surface area is 175 Å². The average Bonchev–Trinajstić information content (AvgIpc) is 2.71. The van der Waals surface area contributed by atoms with Crippen molar-refractivity contribution in [3.8, 4) is 0 Å². The number of Topliss-reactive ketones (excluding diaryl/α,β-unsaturated/α-hetero) is 1. The van der Waals surface area contributed by atoms with Crippen LogP contribution in [0.5, 0.6) is 0 Å². The molecule has 6 nitrogen and oxygen atoms in total. The highest BCUT2D eigenvalue weighted by molar-refractivity contribution is 7.89. The van der Waals surface area contributed by atoms with E-state index in [9.17, 15) is 18.0 Å². The third kappa shape index (κ3) is 5.23. The van der Waals surface area contributed by atoms with E-state index in [-0.39, 0.29) is 10.7 Å². The summed E-state index contributed by atoms with van der Waals surface area (Å²) < 4.78 is 30.9. The zero-order valence-corrected chi connectivity index (χ0v) is 17.6. The molecule has 0 unspecified atom stereocenters. The lowest BCUT2D eigenvalue weighted by atomic mass is 9.90. The minimum atomic E-state index is -3.86. The van der Waals surface area contributed by atoms with Gasteiger partial charge in [0.1, 0.15) is 6.54 Å². The smallest absolute Gasteiger partial charge is 0.321 e. The number of sulfonamides is 1. The molecule has 1 aliphatic carbocycles. The van der Waals surface area contributed by atoms with Gasteiger partial charge in [-0.2, -0.15) is 4.31 Å². The molecule has 0 fully saturated rings. The Morgan fingerprint density at radius 2 is 1.69 bits per heavy atom. The van der Waals surface area contributed by atoms with E-state index in [2.05, 4.69) is 0 Å². The van der Waals surface area contributed by atoms with E-state index >= 15 is 0 Å². The van der Waals surface area contributed by atoms with Gasteiger partial charge in [-0.25, -0.2) is 8.42 Å². The summed E-state index contributed by atoms with van der Waals surface area (Å²) in [5.74, 6) is -1.11. The zero-order valence-electron chi connectivity index (χ0n) is 16.1. The summed E-state index contributed by atoms with van der Waals surface area (Å²) in [6, 6.07) is 11.2. The predicted molar refractivity (Wildman–Crippen MR) is 110 cm³/mol. The first-order chi connectivity index (χ1) is 13.8. The van der Waals surface area contributed by atoms with Crippen LogP contribution in [0, 0.1) is 0 Å². The molecule has 0 aromatic heterocycles. The SMILES string of the molecule is CN(CC(=O)OCC(=O)c1ccc2c(c1)CCCC2)S(=O)(=O)c1ccc(Cl)cc1. The first-order valence-electron chi connectivity index (χ1n) is 9.30. The van der Waals surface area contributed by atoms with Gasteiger partial charge in [0.05, 0.1) is 4.90 Å². The monoisotopic (exact) mass is 435 g/mol. The van der Waals surface area contributed by atoms with Gasteiger partial charge in [-0.3, -0.25) is 9.59 Å². The summed E-state index contributed by atoms with van der Waals surface area (Å²) in [6.45, 7) is -0.922. The van der Waals surface area contributed by atoms with Crippen LogP contribution < -0.4 is 0 Å². The number of hydrogen-bond acceptors (Lipinski definition) is 5. The van der Waals surface area contributed by atoms with Gasteiger partial charge in [0, 0.05) is 17.6 Å². The van der Waals surface area contributed by atoms with Gasteiger partial charge in [-0.05, 0) is 67.1 Å². The Morgan fingerprint density at radius 1 is 1.03 bits per heavy atom. The topological polar surface area (TPSA) is 80.8 Å². The second kappa shape index (κ2) is 9.07. The fourth-order valence-electron chi connectivity index (χ4n) is 3.24. The van der Waals surface area contributed by atoms with Gasteiger partial charge >= 0.3 is 5.97 Å². The van der Waals surface area contributed by atoms with Crippen molar-refractivity contribution in [3.05, 3.63) is 64.2 Å². The molecule has 0 saturated heterocycles. The third-order valence-corrected chi connectivity index (χ3v) is 6.98. The molecule has 29 heavy (non-hydrogen) atoms. The number of fused-ring (bicyclic) bond motifs is 1. The lowest BCUT2D eigenvalue weighted by molar-refractivity contribution is -0.142. The zero-order chi connectivity index (χ0) is 21.0. The molecule has 0 amide bonds. The van der Waals surface area contributed by atoms with Gasteiger partial charge in [-0.1, -0.05) is 23.7 Å². The van der Waals surface area contributed by atoms with E-state index in [0.717, 1.165) is 30.0 Å². The molecule has 3 rings (SSSR count). The highest BCUT2D eigenvalue weighted by Gasteiger charge is 2.24. The quantitative estimate of drug-likeness (QED) is 0.492. The number of carbonyl (C=O) groups is 2. The Morgan fingerprint density at radius 3 is 2.38 bits per heavy atom. The molecule has 0 atom stereocenters. The lowest BCUT2D eigenvalue weighted by Gasteiger charge is -2.17. The number of ether oxygens (including phenoxy) is 1. The molecule has 2 aromatic carbocycles. The molecule has 2 aromatic rings. The minimum Gasteiger partial charge on any atom is -0.456 e. The van der Waals surface area contributed by atoms with Crippen molar-refractivity contribution in [2.45, 2.75) is 30.6 Å². The van der Waals surface area contributed by atoms with Crippen molar-refractivity contribution in [2.75, 3.05) is 20.2 Å². The molecular weight excluding hydrogens is 414 g/mol. The van der Waals surface area contributed by atoms with Crippen molar-refractivity contribution >= 4 is 33.4 Å². The van der Waals surface area contributed by atoms with Crippen molar-refractivity contribution in [1.82, 2.24) is 4.31 Å². The summed E-state index contributed by atoms with van der Waals surface area (Å²) in [6.07, 6.45) is 4.23. The number of halogens is 1. The highest BCUT2D eigenvalue weighted by Crippen LogP contribution is 2.22. The molecule has 154 valence electrons. The van der Waals surface area contributed by atoms with Crippen LogP contribution >= 0.6 is 11.6 Å². The predicted octanol–water partition coefficient (Wildman–Crippen LogP) is 3.27. The van der Waals surface area contributed by atoms with E-state index < -0.39 is 29.1 Å². The van der Waals surface area contributed by atoms with E-state index in [1.54, 1.807) is 6.07 Å². The molecule has 0 saturated carbocycles. The summed E-state index contributed by atoms with van der Waals surface area (Å²) in [7, 11) is -2.59. The molecule has 0 heterocycles.